The number of nitrogens with zero attached hydrogens (tertiary/aromatic N) is 2. The van der Waals surface area contributed by atoms with Crippen molar-refractivity contribution < 1.29 is 0 Å². The molecule has 0 N–H and O–H groups in total. The predicted molar refractivity (Wildman–Crippen MR) is 51.4 cm³/mol. The third-order valence-electron chi connectivity index (χ3n) is 3.01. The monoisotopic (exact) mass is 156 g/mol. The Labute approximate surface area is 70.3 Å². The molecule has 0 radical (unpaired) electrons. The molecule has 66 valence electrons. The molecule has 0 aromatic carbocycles. The molecule has 0 saturated carbocycles. The summed E-state index contributed by atoms with van der Waals surface area (Å²) >= 11 is 0. The Balaban J connectivity index is 4.66. The van der Waals surface area contributed by atoms with Crippen molar-refractivity contribution in [1.29, 1.82) is 0 Å². The van der Waals surface area contributed by atoms with E-state index in [0.29, 0.717) is 0 Å². The van der Waals surface area contributed by atoms with Crippen molar-refractivity contribution in [3.63, 3.8) is 0 Å². The summed E-state index contributed by atoms with van der Waals surface area (Å²) in [6.07, 6.45) is 0. The summed E-state index contributed by atoms with van der Waals surface area (Å²) in [7, 11) is 4.12. The molecule has 0 saturated heterocycles. The summed E-state index contributed by atoms with van der Waals surface area (Å²) in [5.74, 6) is 0. The van der Waals surface area contributed by atoms with Crippen LogP contribution in [0.2, 0.25) is 0 Å². The summed E-state index contributed by atoms with van der Waals surface area (Å²) in [6, 6.07) is 0. The lowest BCUT2D eigenvalue weighted by atomic mass is 9.82. The summed E-state index contributed by atoms with van der Waals surface area (Å²) in [5, 5.41) is 0. The fourth-order valence-corrected chi connectivity index (χ4v) is 0.741. The predicted octanol–water partition coefficient (Wildman–Crippen LogP) is 1.81. The maximum absolute atomic E-state index is 4.12. The zero-order valence-electron chi connectivity index (χ0n) is 8.60. The van der Waals surface area contributed by atoms with E-state index in [1.807, 2.05) is 0 Å². The van der Waals surface area contributed by atoms with Gasteiger partial charge in [0.15, 0.2) is 0 Å². The van der Waals surface area contributed by atoms with Crippen LogP contribution in [0.4, 0.5) is 0 Å². The van der Waals surface area contributed by atoms with Gasteiger partial charge in [-0.05, 0) is 48.5 Å². The molecule has 0 aliphatic heterocycles. The van der Waals surface area contributed by atoms with Crippen LogP contribution in [0.3, 0.4) is 0 Å². The molecule has 0 aromatic rings. The first-order valence-corrected chi connectivity index (χ1v) is 3.91. The molecule has 0 rings (SSSR count). The van der Waals surface area contributed by atoms with Gasteiger partial charge in [0.2, 0.25) is 0 Å². The molecule has 0 unspecified atom stereocenters. The molecule has 2 nitrogen and oxygen atoms in total. The molecule has 0 aromatic heterocycles. The zero-order chi connectivity index (χ0) is 9.28. The molecule has 0 bridgehead atoms. The number of aliphatic imine (C=N–C) groups is 1. The Morgan fingerprint density at radius 3 is 1.55 bits per heavy atom. The van der Waals surface area contributed by atoms with Crippen LogP contribution in [0.1, 0.15) is 27.7 Å². The van der Waals surface area contributed by atoms with Gasteiger partial charge in [-0.25, -0.2) is 0 Å². The maximum atomic E-state index is 4.12. The summed E-state index contributed by atoms with van der Waals surface area (Å²) < 4.78 is 0. The van der Waals surface area contributed by atoms with E-state index >= 15 is 0 Å². The van der Waals surface area contributed by atoms with E-state index in [4.69, 9.17) is 0 Å². The van der Waals surface area contributed by atoms with Crippen LogP contribution in [-0.4, -0.2) is 36.8 Å². The van der Waals surface area contributed by atoms with Crippen LogP contribution in [0.15, 0.2) is 4.99 Å². The number of likely N-dealkylation sites (N-methyl/N-ethyl adjacent to an activating group) is 1. The summed E-state index contributed by atoms with van der Waals surface area (Å²) in [5.41, 5.74) is -0.0503. The molecule has 0 amide bonds. The Hall–Kier alpha value is -0.370. The van der Waals surface area contributed by atoms with Crippen molar-refractivity contribution in [3.8, 4) is 0 Å². The lowest BCUT2D eigenvalue weighted by Gasteiger charge is -2.43. The van der Waals surface area contributed by atoms with E-state index in [1.54, 1.807) is 0 Å². The van der Waals surface area contributed by atoms with Crippen molar-refractivity contribution in [2.45, 2.75) is 38.8 Å². The Kier molecular flexibility index (Phi) is 2.84. The highest BCUT2D eigenvalue weighted by Crippen LogP contribution is 2.28. The molecule has 0 aliphatic rings. The van der Waals surface area contributed by atoms with Gasteiger partial charge in [0.05, 0.1) is 5.54 Å². The molecule has 11 heavy (non-hydrogen) atoms. The second kappa shape index (κ2) is 2.94. The molecule has 0 heterocycles. The first kappa shape index (κ1) is 10.6. The zero-order valence-corrected chi connectivity index (χ0v) is 8.60. The average molecular weight is 156 g/mol. The van der Waals surface area contributed by atoms with Gasteiger partial charge in [-0.3, -0.25) is 4.99 Å². The highest BCUT2D eigenvalue weighted by Gasteiger charge is 2.37. The summed E-state index contributed by atoms with van der Waals surface area (Å²) in [6.45, 7) is 12.1. The molecule has 0 aliphatic carbocycles. The highest BCUT2D eigenvalue weighted by molar-refractivity contribution is 5.27. The SMILES string of the molecule is C=NC(C)(C)C(C)(C)N(C)C. The van der Waals surface area contributed by atoms with E-state index in [9.17, 15) is 0 Å². The van der Waals surface area contributed by atoms with Crippen molar-refractivity contribution in [3.05, 3.63) is 0 Å². The van der Waals surface area contributed by atoms with Crippen LogP contribution >= 0.6 is 0 Å². The standard InChI is InChI=1S/C9H20N2/c1-8(2,10-5)9(3,4)11(6)7/h5H2,1-4,6-7H3. The highest BCUT2D eigenvalue weighted by atomic mass is 15.2. The van der Waals surface area contributed by atoms with Crippen molar-refractivity contribution >= 4 is 6.72 Å². The van der Waals surface area contributed by atoms with E-state index in [1.165, 1.54) is 0 Å². The number of rotatable bonds is 3. The smallest absolute Gasteiger partial charge is 0.0722 e. The molecule has 0 fully saturated rings. The third kappa shape index (κ3) is 1.80. The molecule has 2 heteroatoms. The van der Waals surface area contributed by atoms with Gasteiger partial charge < -0.3 is 4.90 Å². The van der Waals surface area contributed by atoms with Gasteiger partial charge in [-0.1, -0.05) is 0 Å². The largest absolute Gasteiger partial charge is 0.302 e. The van der Waals surface area contributed by atoms with Gasteiger partial charge in [0.1, 0.15) is 0 Å². The van der Waals surface area contributed by atoms with Crippen LogP contribution in [0, 0.1) is 0 Å². The van der Waals surface area contributed by atoms with E-state index in [0.717, 1.165) is 0 Å². The maximum Gasteiger partial charge on any atom is 0.0722 e. The first-order chi connectivity index (χ1) is 4.75. The van der Waals surface area contributed by atoms with E-state index < -0.39 is 0 Å². The minimum Gasteiger partial charge on any atom is -0.302 e. The molecule has 0 atom stereocenters. The third-order valence-corrected chi connectivity index (χ3v) is 3.01. The Morgan fingerprint density at radius 2 is 1.45 bits per heavy atom. The van der Waals surface area contributed by atoms with Crippen LogP contribution in [-0.2, 0) is 0 Å². The first-order valence-electron chi connectivity index (χ1n) is 3.91. The molecular weight excluding hydrogens is 136 g/mol. The number of hydrogen-bond acceptors (Lipinski definition) is 2. The molecule has 0 spiro atoms. The normalized spacial score (nSPS) is 13.7. The second-order valence-electron chi connectivity index (χ2n) is 4.17. The van der Waals surface area contributed by atoms with Crippen LogP contribution in [0.5, 0.6) is 0 Å². The van der Waals surface area contributed by atoms with Crippen molar-refractivity contribution in [1.82, 2.24) is 4.90 Å². The fraction of sp³-hybridized carbons (Fsp3) is 0.889. The van der Waals surface area contributed by atoms with Gasteiger partial charge in [-0.2, -0.15) is 0 Å². The van der Waals surface area contributed by atoms with Gasteiger partial charge in [0.25, 0.3) is 0 Å². The quantitative estimate of drug-likeness (QED) is 0.569. The minimum atomic E-state index is -0.101. The average Bonchev–Trinajstić information content (AvgIpc) is 1.87. The van der Waals surface area contributed by atoms with Gasteiger partial charge in [-0.15, -0.1) is 0 Å². The lowest BCUT2D eigenvalue weighted by Crippen LogP contribution is -2.53. The van der Waals surface area contributed by atoms with Gasteiger partial charge >= 0.3 is 0 Å². The van der Waals surface area contributed by atoms with Crippen molar-refractivity contribution in [2.24, 2.45) is 4.99 Å². The Morgan fingerprint density at radius 1 is 1.09 bits per heavy atom. The van der Waals surface area contributed by atoms with Crippen LogP contribution < -0.4 is 0 Å². The summed E-state index contributed by atoms with van der Waals surface area (Å²) in [4.78, 5) is 6.29. The lowest BCUT2D eigenvalue weighted by molar-refractivity contribution is 0.113. The second-order valence-corrected chi connectivity index (χ2v) is 4.17. The van der Waals surface area contributed by atoms with Crippen molar-refractivity contribution in [2.75, 3.05) is 14.1 Å². The van der Waals surface area contributed by atoms with E-state index in [2.05, 4.69) is 58.4 Å². The molecular formula is C9H20N2. The fourth-order valence-electron chi connectivity index (χ4n) is 0.741. The van der Waals surface area contributed by atoms with Crippen LogP contribution in [0.25, 0.3) is 0 Å². The van der Waals surface area contributed by atoms with E-state index in [-0.39, 0.29) is 11.1 Å². The minimum absolute atomic E-state index is 0.0503. The number of hydrogen-bond donors (Lipinski definition) is 0. The Bertz CT molecular complexity index is 146. The topological polar surface area (TPSA) is 15.6 Å². The van der Waals surface area contributed by atoms with Gasteiger partial charge in [0, 0.05) is 5.54 Å².